The highest BCUT2D eigenvalue weighted by Gasteiger charge is 2.05. The van der Waals surface area contributed by atoms with Crippen molar-refractivity contribution in [2.75, 3.05) is 7.11 Å². The van der Waals surface area contributed by atoms with Crippen LogP contribution in [0.5, 0.6) is 0 Å². The topological polar surface area (TPSA) is 21.3 Å². The fraction of sp³-hybridized carbons (Fsp3) is 0.467. The predicted octanol–water partition coefficient (Wildman–Crippen LogP) is 2.72. The summed E-state index contributed by atoms with van der Waals surface area (Å²) in [5.41, 5.74) is 2.47. The number of benzene rings is 1. The molecule has 0 aromatic heterocycles. The van der Waals surface area contributed by atoms with Gasteiger partial charge in [0, 0.05) is 13.7 Å². The first-order valence-corrected chi connectivity index (χ1v) is 6.07. The smallest absolute Gasteiger partial charge is 0.0716 e. The van der Waals surface area contributed by atoms with E-state index in [-0.39, 0.29) is 6.04 Å². The van der Waals surface area contributed by atoms with Crippen molar-refractivity contribution in [2.24, 2.45) is 0 Å². The van der Waals surface area contributed by atoms with E-state index in [0.717, 1.165) is 19.4 Å². The lowest BCUT2D eigenvalue weighted by atomic mass is 10.1. The Balaban J connectivity index is 2.59. The van der Waals surface area contributed by atoms with Crippen molar-refractivity contribution >= 4 is 0 Å². The summed E-state index contributed by atoms with van der Waals surface area (Å²) in [5.74, 6) is 2.78. The first-order valence-electron chi connectivity index (χ1n) is 6.07. The molecule has 2 nitrogen and oxygen atoms in total. The van der Waals surface area contributed by atoms with Gasteiger partial charge in [-0.3, -0.25) is 5.32 Å². The van der Waals surface area contributed by atoms with Crippen LogP contribution in [0.1, 0.15) is 30.9 Å². The van der Waals surface area contributed by atoms with Gasteiger partial charge in [0.15, 0.2) is 0 Å². The molecule has 1 atom stereocenters. The fourth-order valence-corrected chi connectivity index (χ4v) is 1.79. The van der Waals surface area contributed by atoms with Gasteiger partial charge in [-0.1, -0.05) is 43.5 Å². The molecule has 0 radical (unpaired) electrons. The van der Waals surface area contributed by atoms with Crippen molar-refractivity contribution in [3.8, 4) is 12.3 Å². The van der Waals surface area contributed by atoms with E-state index >= 15 is 0 Å². The minimum atomic E-state index is 0.163. The second-order valence-corrected chi connectivity index (χ2v) is 4.09. The first-order chi connectivity index (χ1) is 8.31. The van der Waals surface area contributed by atoms with Crippen molar-refractivity contribution in [3.05, 3.63) is 35.4 Å². The molecule has 0 aliphatic heterocycles. The summed E-state index contributed by atoms with van der Waals surface area (Å²) >= 11 is 0. The summed E-state index contributed by atoms with van der Waals surface area (Å²) in [6, 6.07) is 8.44. The molecule has 0 saturated carbocycles. The summed E-state index contributed by atoms with van der Waals surface area (Å²) in [6.07, 6.45) is 7.60. The quantitative estimate of drug-likeness (QED) is 0.729. The Morgan fingerprint density at radius 3 is 2.65 bits per heavy atom. The minimum Gasteiger partial charge on any atom is -0.380 e. The summed E-state index contributed by atoms with van der Waals surface area (Å²) < 4.78 is 5.18. The third-order valence-electron chi connectivity index (χ3n) is 2.74. The molecular formula is C15H21NO. The van der Waals surface area contributed by atoms with Gasteiger partial charge in [0.05, 0.1) is 12.6 Å². The Hall–Kier alpha value is -1.30. The average Bonchev–Trinajstić information content (AvgIpc) is 2.36. The van der Waals surface area contributed by atoms with Gasteiger partial charge in [-0.2, -0.15) is 0 Å². The number of nitrogens with one attached hydrogen (secondary N) is 1. The van der Waals surface area contributed by atoms with Crippen LogP contribution >= 0.6 is 0 Å². The molecule has 1 aromatic rings. The lowest BCUT2D eigenvalue weighted by Crippen LogP contribution is -2.27. The third kappa shape index (κ3) is 4.60. The maximum absolute atomic E-state index is 5.48. The summed E-state index contributed by atoms with van der Waals surface area (Å²) in [7, 11) is 1.71. The second kappa shape index (κ2) is 7.89. The van der Waals surface area contributed by atoms with Crippen LogP contribution in [0, 0.1) is 12.3 Å². The van der Waals surface area contributed by atoms with Gasteiger partial charge in [-0.05, 0) is 17.5 Å². The fourth-order valence-electron chi connectivity index (χ4n) is 1.79. The highest BCUT2D eigenvalue weighted by atomic mass is 16.5. The lowest BCUT2D eigenvalue weighted by Gasteiger charge is -2.14. The van der Waals surface area contributed by atoms with Crippen LogP contribution in [0.2, 0.25) is 0 Å². The van der Waals surface area contributed by atoms with E-state index in [9.17, 15) is 0 Å². The molecule has 1 rings (SSSR count). The van der Waals surface area contributed by atoms with Crippen molar-refractivity contribution < 1.29 is 4.74 Å². The molecule has 0 aliphatic carbocycles. The largest absolute Gasteiger partial charge is 0.380 e. The SMILES string of the molecule is C#CC(CCC)NCc1ccccc1COC. The van der Waals surface area contributed by atoms with Gasteiger partial charge in [-0.25, -0.2) is 0 Å². The Bertz CT molecular complexity index is 367. The predicted molar refractivity (Wildman–Crippen MR) is 71.5 cm³/mol. The summed E-state index contributed by atoms with van der Waals surface area (Å²) in [6.45, 7) is 3.59. The third-order valence-corrected chi connectivity index (χ3v) is 2.74. The number of ether oxygens (including phenoxy) is 1. The average molecular weight is 231 g/mol. The van der Waals surface area contributed by atoms with Gasteiger partial charge < -0.3 is 4.74 Å². The van der Waals surface area contributed by atoms with Gasteiger partial charge in [0.2, 0.25) is 0 Å². The Morgan fingerprint density at radius 1 is 1.35 bits per heavy atom. The van der Waals surface area contributed by atoms with Crippen LogP contribution in [-0.4, -0.2) is 13.2 Å². The van der Waals surface area contributed by atoms with E-state index in [1.165, 1.54) is 11.1 Å². The monoisotopic (exact) mass is 231 g/mol. The molecule has 1 N–H and O–H groups in total. The molecule has 92 valence electrons. The lowest BCUT2D eigenvalue weighted by molar-refractivity contribution is 0.184. The van der Waals surface area contributed by atoms with E-state index in [0.29, 0.717) is 6.61 Å². The van der Waals surface area contributed by atoms with Crippen LogP contribution in [0.3, 0.4) is 0 Å². The van der Waals surface area contributed by atoms with Crippen LogP contribution in [-0.2, 0) is 17.9 Å². The van der Waals surface area contributed by atoms with Gasteiger partial charge in [0.25, 0.3) is 0 Å². The molecule has 0 saturated heterocycles. The Kier molecular flexibility index (Phi) is 6.39. The van der Waals surface area contributed by atoms with E-state index in [1.807, 2.05) is 12.1 Å². The van der Waals surface area contributed by atoms with Crippen molar-refractivity contribution in [1.29, 1.82) is 0 Å². The molecule has 2 heteroatoms. The van der Waals surface area contributed by atoms with Crippen LogP contribution < -0.4 is 5.32 Å². The molecule has 0 fully saturated rings. The van der Waals surface area contributed by atoms with Crippen LogP contribution in [0.25, 0.3) is 0 Å². The molecular weight excluding hydrogens is 210 g/mol. The molecule has 0 aliphatic rings. The van der Waals surface area contributed by atoms with E-state index in [4.69, 9.17) is 11.2 Å². The van der Waals surface area contributed by atoms with Gasteiger partial charge in [-0.15, -0.1) is 6.42 Å². The summed E-state index contributed by atoms with van der Waals surface area (Å²) in [5, 5.41) is 3.39. The molecule has 17 heavy (non-hydrogen) atoms. The second-order valence-electron chi connectivity index (χ2n) is 4.09. The molecule has 0 heterocycles. The van der Waals surface area contributed by atoms with Gasteiger partial charge >= 0.3 is 0 Å². The molecule has 1 unspecified atom stereocenters. The number of terminal acetylenes is 1. The highest BCUT2D eigenvalue weighted by Crippen LogP contribution is 2.10. The number of rotatable bonds is 7. The van der Waals surface area contributed by atoms with Crippen LogP contribution in [0.15, 0.2) is 24.3 Å². The zero-order chi connectivity index (χ0) is 12.5. The molecule has 0 spiro atoms. The van der Waals surface area contributed by atoms with E-state index in [2.05, 4.69) is 30.3 Å². The van der Waals surface area contributed by atoms with Crippen LogP contribution in [0.4, 0.5) is 0 Å². The number of methoxy groups -OCH3 is 1. The molecule has 0 amide bonds. The van der Waals surface area contributed by atoms with E-state index in [1.54, 1.807) is 7.11 Å². The molecule has 0 bridgehead atoms. The maximum atomic E-state index is 5.48. The normalized spacial score (nSPS) is 12.1. The zero-order valence-electron chi connectivity index (χ0n) is 10.7. The molecule has 1 aromatic carbocycles. The standard InChI is InChI=1S/C15H21NO/c1-4-8-15(5-2)16-11-13-9-6-7-10-14(13)12-17-3/h2,6-7,9-10,15-16H,4,8,11-12H2,1,3H3. The zero-order valence-corrected chi connectivity index (χ0v) is 10.7. The Morgan fingerprint density at radius 2 is 2.06 bits per heavy atom. The van der Waals surface area contributed by atoms with E-state index < -0.39 is 0 Å². The van der Waals surface area contributed by atoms with Gasteiger partial charge in [0.1, 0.15) is 0 Å². The Labute approximate surface area is 104 Å². The van der Waals surface area contributed by atoms with Crippen molar-refractivity contribution in [2.45, 2.75) is 39.0 Å². The number of hydrogen-bond acceptors (Lipinski definition) is 2. The highest BCUT2D eigenvalue weighted by molar-refractivity contribution is 5.26. The van der Waals surface area contributed by atoms with Crippen molar-refractivity contribution in [3.63, 3.8) is 0 Å². The van der Waals surface area contributed by atoms with Crippen molar-refractivity contribution in [1.82, 2.24) is 5.32 Å². The minimum absolute atomic E-state index is 0.163. The maximum Gasteiger partial charge on any atom is 0.0716 e. The first kappa shape index (κ1) is 13.8. The number of hydrogen-bond donors (Lipinski definition) is 1. The summed E-state index contributed by atoms with van der Waals surface area (Å²) in [4.78, 5) is 0.